The van der Waals surface area contributed by atoms with E-state index < -0.39 is 0 Å². The lowest BCUT2D eigenvalue weighted by atomic mass is 10.1. The van der Waals surface area contributed by atoms with Crippen molar-refractivity contribution in [1.82, 2.24) is 5.32 Å². The van der Waals surface area contributed by atoms with Gasteiger partial charge in [0.05, 0.1) is 13.7 Å². The third-order valence-corrected chi connectivity index (χ3v) is 3.95. The van der Waals surface area contributed by atoms with Crippen molar-refractivity contribution in [2.24, 2.45) is 0 Å². The van der Waals surface area contributed by atoms with E-state index in [1.807, 2.05) is 32.9 Å². The van der Waals surface area contributed by atoms with Crippen molar-refractivity contribution in [2.45, 2.75) is 33.9 Å². The molecule has 26 heavy (non-hydrogen) atoms. The number of carbonyl (C=O) groups excluding carboxylic acids is 1. The largest absolute Gasteiger partial charge is 0.494 e. The molecule has 0 atom stereocenters. The molecule has 2 aromatic carbocycles. The molecule has 0 fully saturated rings. The van der Waals surface area contributed by atoms with Gasteiger partial charge in [0.1, 0.15) is 11.5 Å². The summed E-state index contributed by atoms with van der Waals surface area (Å²) < 4.78 is 15.7. The first-order valence-electron chi connectivity index (χ1n) is 8.75. The molecule has 0 aliphatic rings. The Kier molecular flexibility index (Phi) is 7.48. The number of ether oxygens (including phenoxy) is 3. The molecule has 0 spiro atoms. The normalized spacial score (nSPS) is 10.5. The maximum absolute atomic E-state index is 11.2. The molecule has 2 rings (SSSR count). The maximum atomic E-state index is 11.2. The molecular formula is C21H27NO4. The van der Waals surface area contributed by atoms with Gasteiger partial charge in [0.15, 0.2) is 6.61 Å². The number of methoxy groups -OCH3 is 1. The minimum absolute atomic E-state index is 0.0774. The van der Waals surface area contributed by atoms with E-state index in [4.69, 9.17) is 9.47 Å². The molecule has 0 aromatic heterocycles. The molecule has 1 N–H and O–H groups in total. The average Bonchev–Trinajstić information content (AvgIpc) is 2.61. The molecule has 0 unspecified atom stereocenters. The minimum Gasteiger partial charge on any atom is -0.494 e. The number of esters is 1. The maximum Gasteiger partial charge on any atom is 0.343 e. The van der Waals surface area contributed by atoms with Crippen LogP contribution in [0.3, 0.4) is 0 Å². The van der Waals surface area contributed by atoms with E-state index in [-0.39, 0.29) is 12.6 Å². The zero-order valence-electron chi connectivity index (χ0n) is 15.9. The summed E-state index contributed by atoms with van der Waals surface area (Å²) in [5.74, 6) is 1.25. The minimum atomic E-state index is -0.385. The summed E-state index contributed by atoms with van der Waals surface area (Å²) in [7, 11) is 1.35. The average molecular weight is 357 g/mol. The number of aryl methyl sites for hydroxylation is 2. The molecule has 5 heteroatoms. The van der Waals surface area contributed by atoms with E-state index in [0.717, 1.165) is 35.7 Å². The first-order valence-corrected chi connectivity index (χ1v) is 8.75. The Bertz CT molecular complexity index is 720. The Balaban J connectivity index is 1.93. The van der Waals surface area contributed by atoms with Crippen molar-refractivity contribution >= 4 is 5.97 Å². The standard InChI is InChI=1S/C21H27NO4/c1-5-25-19-8-6-7-17(11-19)12-22-13-18-9-15(2)21(16(3)10-18)26-14-20(23)24-4/h6-11,22H,5,12-14H2,1-4H3. The molecule has 140 valence electrons. The van der Waals surface area contributed by atoms with Gasteiger partial charge in [-0.3, -0.25) is 0 Å². The van der Waals surface area contributed by atoms with Crippen LogP contribution in [0.1, 0.15) is 29.2 Å². The number of benzene rings is 2. The number of nitrogens with one attached hydrogen (secondary N) is 1. The number of hydrogen-bond acceptors (Lipinski definition) is 5. The van der Waals surface area contributed by atoms with E-state index in [0.29, 0.717) is 6.61 Å². The van der Waals surface area contributed by atoms with Crippen LogP contribution < -0.4 is 14.8 Å². The predicted octanol–water partition coefficient (Wildman–Crippen LogP) is 3.54. The molecule has 0 aliphatic carbocycles. The van der Waals surface area contributed by atoms with Crippen LogP contribution in [0.5, 0.6) is 11.5 Å². The molecule has 0 radical (unpaired) electrons. The molecule has 0 saturated carbocycles. The summed E-state index contributed by atoms with van der Waals surface area (Å²) in [6, 6.07) is 12.2. The fraction of sp³-hybridized carbons (Fsp3) is 0.381. The van der Waals surface area contributed by atoms with Crippen LogP contribution in [0.25, 0.3) is 0 Å². The van der Waals surface area contributed by atoms with Crippen molar-refractivity contribution in [3.63, 3.8) is 0 Å². The summed E-state index contributed by atoms with van der Waals surface area (Å²) in [5.41, 5.74) is 4.36. The smallest absolute Gasteiger partial charge is 0.343 e. The van der Waals surface area contributed by atoms with Crippen LogP contribution in [0.4, 0.5) is 0 Å². The Morgan fingerprint density at radius 2 is 1.69 bits per heavy atom. The van der Waals surface area contributed by atoms with Crippen LogP contribution in [0, 0.1) is 13.8 Å². The first-order chi connectivity index (χ1) is 12.5. The van der Waals surface area contributed by atoms with Gasteiger partial charge in [-0.15, -0.1) is 0 Å². The number of carbonyl (C=O) groups is 1. The summed E-state index contributed by atoms with van der Waals surface area (Å²) >= 11 is 0. The van der Waals surface area contributed by atoms with Gasteiger partial charge in [0, 0.05) is 13.1 Å². The molecule has 0 saturated heterocycles. The van der Waals surface area contributed by atoms with Gasteiger partial charge in [0.2, 0.25) is 0 Å². The van der Waals surface area contributed by atoms with Crippen LogP contribution in [0.15, 0.2) is 36.4 Å². The van der Waals surface area contributed by atoms with Crippen LogP contribution in [0.2, 0.25) is 0 Å². The number of hydrogen-bond donors (Lipinski definition) is 1. The Labute approximate surface area is 155 Å². The molecule has 5 nitrogen and oxygen atoms in total. The van der Waals surface area contributed by atoms with E-state index in [1.54, 1.807) is 0 Å². The van der Waals surface area contributed by atoms with Crippen LogP contribution >= 0.6 is 0 Å². The molecule has 0 heterocycles. The molecule has 0 amide bonds. The second kappa shape index (κ2) is 9.82. The highest BCUT2D eigenvalue weighted by Gasteiger charge is 2.09. The SMILES string of the molecule is CCOc1cccc(CNCc2cc(C)c(OCC(=O)OC)c(C)c2)c1. The van der Waals surface area contributed by atoms with Crippen molar-refractivity contribution in [1.29, 1.82) is 0 Å². The van der Waals surface area contributed by atoms with Gasteiger partial charge < -0.3 is 19.5 Å². The highest BCUT2D eigenvalue weighted by Crippen LogP contribution is 2.25. The van der Waals surface area contributed by atoms with Gasteiger partial charge in [-0.2, -0.15) is 0 Å². The zero-order chi connectivity index (χ0) is 18.9. The summed E-state index contributed by atoms with van der Waals surface area (Å²) in [4.78, 5) is 11.2. The fourth-order valence-electron chi connectivity index (χ4n) is 2.82. The lowest BCUT2D eigenvalue weighted by Gasteiger charge is -2.14. The molecule has 2 aromatic rings. The second-order valence-corrected chi connectivity index (χ2v) is 6.11. The van der Waals surface area contributed by atoms with Gasteiger partial charge in [-0.1, -0.05) is 24.3 Å². The van der Waals surface area contributed by atoms with Crippen LogP contribution in [-0.2, 0) is 22.6 Å². The Morgan fingerprint density at radius 1 is 1.00 bits per heavy atom. The van der Waals surface area contributed by atoms with Crippen LogP contribution in [-0.4, -0.2) is 26.3 Å². The molecule has 0 bridgehead atoms. The van der Waals surface area contributed by atoms with Crippen molar-refractivity contribution in [3.05, 3.63) is 58.7 Å². The van der Waals surface area contributed by atoms with E-state index in [1.165, 1.54) is 18.2 Å². The summed E-state index contributed by atoms with van der Waals surface area (Å²) in [6.07, 6.45) is 0. The molecule has 0 aliphatic heterocycles. The topological polar surface area (TPSA) is 56.8 Å². The third kappa shape index (κ3) is 5.77. The van der Waals surface area contributed by atoms with E-state index in [2.05, 4.69) is 34.3 Å². The quantitative estimate of drug-likeness (QED) is 0.696. The molecular weight excluding hydrogens is 330 g/mol. The first kappa shape index (κ1) is 19.8. The summed E-state index contributed by atoms with van der Waals surface area (Å²) in [5, 5.41) is 3.45. The highest BCUT2D eigenvalue weighted by molar-refractivity contribution is 5.71. The highest BCUT2D eigenvalue weighted by atomic mass is 16.6. The van der Waals surface area contributed by atoms with E-state index >= 15 is 0 Å². The van der Waals surface area contributed by atoms with E-state index in [9.17, 15) is 4.79 Å². The van der Waals surface area contributed by atoms with Crippen molar-refractivity contribution in [3.8, 4) is 11.5 Å². The Morgan fingerprint density at radius 3 is 2.35 bits per heavy atom. The lowest BCUT2D eigenvalue weighted by molar-refractivity contribution is -0.142. The number of rotatable bonds is 9. The zero-order valence-corrected chi connectivity index (χ0v) is 15.9. The van der Waals surface area contributed by atoms with Gasteiger partial charge in [-0.05, 0) is 55.2 Å². The third-order valence-electron chi connectivity index (χ3n) is 3.95. The van der Waals surface area contributed by atoms with Crippen molar-refractivity contribution < 1.29 is 19.0 Å². The van der Waals surface area contributed by atoms with Crippen molar-refractivity contribution in [2.75, 3.05) is 20.3 Å². The monoisotopic (exact) mass is 357 g/mol. The summed E-state index contributed by atoms with van der Waals surface area (Å²) in [6.45, 7) is 8.04. The predicted molar refractivity (Wildman–Crippen MR) is 102 cm³/mol. The van der Waals surface area contributed by atoms with Gasteiger partial charge in [0.25, 0.3) is 0 Å². The second-order valence-electron chi connectivity index (χ2n) is 6.11. The Hall–Kier alpha value is -2.53. The van der Waals surface area contributed by atoms with Gasteiger partial charge in [-0.25, -0.2) is 4.79 Å². The fourth-order valence-corrected chi connectivity index (χ4v) is 2.82. The van der Waals surface area contributed by atoms with Gasteiger partial charge >= 0.3 is 5.97 Å². The lowest BCUT2D eigenvalue weighted by Crippen LogP contribution is -2.15.